The smallest absolute Gasteiger partial charge is 0.224 e. The molecule has 5 heteroatoms. The third-order valence-corrected chi connectivity index (χ3v) is 4.48. The number of nitrogens with zero attached hydrogens (tertiary/aromatic N) is 1. The molecule has 1 heterocycles. The summed E-state index contributed by atoms with van der Waals surface area (Å²) in [4.78, 5) is 25.6. The summed E-state index contributed by atoms with van der Waals surface area (Å²) in [7, 11) is 0. The van der Waals surface area contributed by atoms with Crippen LogP contribution in [0, 0.1) is 18.7 Å². The molecule has 2 rings (SSSR count). The molecule has 0 unspecified atom stereocenters. The van der Waals surface area contributed by atoms with Gasteiger partial charge in [-0.15, -0.1) is 0 Å². The number of hydrogen-bond donors (Lipinski definition) is 1. The van der Waals surface area contributed by atoms with Gasteiger partial charge in [0.1, 0.15) is 5.82 Å². The number of carbonyl (C=O) groups excluding carboxylic acids is 2. The maximum atomic E-state index is 13.3. The summed E-state index contributed by atoms with van der Waals surface area (Å²) < 4.78 is 13.3. The minimum atomic E-state index is -0.259. The fourth-order valence-electron chi connectivity index (χ4n) is 3.22. The van der Waals surface area contributed by atoms with E-state index < -0.39 is 0 Å². The van der Waals surface area contributed by atoms with E-state index in [1.807, 2.05) is 0 Å². The van der Waals surface area contributed by atoms with E-state index in [9.17, 15) is 14.0 Å². The standard InChI is InChI=1S/C18H25FN2O2/c1-4-5-15-10-21(13(3)22)11-17(15)20-18(23)9-14-6-7-16(19)12(2)8-14/h6-8,15,17H,4-5,9-11H2,1-3H3,(H,20,23)/t15-,17-/m0/s1. The zero-order chi connectivity index (χ0) is 17.0. The lowest BCUT2D eigenvalue weighted by molar-refractivity contribution is -0.128. The molecule has 4 nitrogen and oxygen atoms in total. The monoisotopic (exact) mass is 320 g/mol. The molecular formula is C18H25FN2O2. The maximum absolute atomic E-state index is 13.3. The zero-order valence-electron chi connectivity index (χ0n) is 14.1. The quantitative estimate of drug-likeness (QED) is 0.906. The molecule has 1 saturated heterocycles. The Balaban J connectivity index is 1.97. The van der Waals surface area contributed by atoms with Crippen LogP contribution < -0.4 is 5.32 Å². The molecule has 0 saturated carbocycles. The largest absolute Gasteiger partial charge is 0.351 e. The van der Waals surface area contributed by atoms with E-state index in [2.05, 4.69) is 12.2 Å². The minimum Gasteiger partial charge on any atom is -0.351 e. The summed E-state index contributed by atoms with van der Waals surface area (Å²) >= 11 is 0. The number of halogens is 1. The summed E-state index contributed by atoms with van der Waals surface area (Å²) in [5.74, 6) is 0.0254. The molecule has 1 aromatic carbocycles. The molecule has 0 bridgehead atoms. The average Bonchev–Trinajstić information content (AvgIpc) is 2.86. The van der Waals surface area contributed by atoms with Crippen LogP contribution in [0.2, 0.25) is 0 Å². The van der Waals surface area contributed by atoms with Crippen LogP contribution in [0.25, 0.3) is 0 Å². The molecule has 0 spiro atoms. The van der Waals surface area contributed by atoms with Crippen LogP contribution in [-0.2, 0) is 16.0 Å². The van der Waals surface area contributed by atoms with Gasteiger partial charge in [0.25, 0.3) is 0 Å². The first-order valence-corrected chi connectivity index (χ1v) is 8.20. The lowest BCUT2D eigenvalue weighted by Gasteiger charge is -2.19. The molecule has 1 fully saturated rings. The number of nitrogens with one attached hydrogen (secondary N) is 1. The molecule has 2 atom stereocenters. The van der Waals surface area contributed by atoms with Gasteiger partial charge in [-0.05, 0) is 36.5 Å². The van der Waals surface area contributed by atoms with Crippen molar-refractivity contribution in [2.24, 2.45) is 5.92 Å². The highest BCUT2D eigenvalue weighted by molar-refractivity contribution is 5.79. The van der Waals surface area contributed by atoms with Crippen molar-refractivity contribution < 1.29 is 14.0 Å². The molecule has 1 N–H and O–H groups in total. The second kappa shape index (κ2) is 7.57. The van der Waals surface area contributed by atoms with Crippen LogP contribution in [-0.4, -0.2) is 35.8 Å². The second-order valence-electron chi connectivity index (χ2n) is 6.41. The van der Waals surface area contributed by atoms with Gasteiger partial charge >= 0.3 is 0 Å². The first kappa shape index (κ1) is 17.4. The van der Waals surface area contributed by atoms with Crippen LogP contribution in [0.5, 0.6) is 0 Å². The first-order valence-electron chi connectivity index (χ1n) is 8.20. The SMILES string of the molecule is CCC[C@H]1CN(C(C)=O)C[C@@H]1NC(=O)Cc1ccc(F)c(C)c1. The summed E-state index contributed by atoms with van der Waals surface area (Å²) in [5.41, 5.74) is 1.35. The van der Waals surface area contributed by atoms with Crippen molar-refractivity contribution in [2.45, 2.75) is 46.1 Å². The zero-order valence-corrected chi connectivity index (χ0v) is 14.1. The molecule has 1 aliphatic rings. The Morgan fingerprint density at radius 1 is 1.35 bits per heavy atom. The van der Waals surface area contributed by atoms with Gasteiger partial charge in [0.2, 0.25) is 11.8 Å². The fraction of sp³-hybridized carbons (Fsp3) is 0.556. The Kier molecular flexibility index (Phi) is 5.74. The van der Waals surface area contributed by atoms with Crippen LogP contribution in [0.15, 0.2) is 18.2 Å². The first-order chi connectivity index (χ1) is 10.9. The number of benzene rings is 1. The van der Waals surface area contributed by atoms with Gasteiger partial charge in [0.05, 0.1) is 12.5 Å². The topological polar surface area (TPSA) is 49.4 Å². The lowest BCUT2D eigenvalue weighted by atomic mass is 9.98. The highest BCUT2D eigenvalue weighted by Crippen LogP contribution is 2.22. The van der Waals surface area contributed by atoms with Gasteiger partial charge in [0.15, 0.2) is 0 Å². The van der Waals surface area contributed by atoms with Crippen LogP contribution >= 0.6 is 0 Å². The Hall–Kier alpha value is -1.91. The number of likely N-dealkylation sites (tertiary alicyclic amines) is 1. The third kappa shape index (κ3) is 4.53. The number of aryl methyl sites for hydroxylation is 1. The molecule has 2 amide bonds. The van der Waals surface area contributed by atoms with E-state index in [0.717, 1.165) is 18.4 Å². The molecule has 23 heavy (non-hydrogen) atoms. The number of amides is 2. The summed E-state index contributed by atoms with van der Waals surface area (Å²) in [6, 6.07) is 4.75. The molecule has 1 aromatic rings. The Bertz CT molecular complexity index is 588. The van der Waals surface area contributed by atoms with Gasteiger partial charge in [-0.1, -0.05) is 25.5 Å². The van der Waals surface area contributed by atoms with Gasteiger partial charge in [-0.2, -0.15) is 0 Å². The van der Waals surface area contributed by atoms with Crippen LogP contribution in [0.3, 0.4) is 0 Å². The fourth-order valence-corrected chi connectivity index (χ4v) is 3.22. The number of hydrogen-bond acceptors (Lipinski definition) is 2. The predicted molar refractivity (Wildman–Crippen MR) is 87.4 cm³/mol. The molecule has 0 aromatic heterocycles. The summed E-state index contributed by atoms with van der Waals surface area (Å²) in [6.07, 6.45) is 2.25. The highest BCUT2D eigenvalue weighted by atomic mass is 19.1. The molecule has 0 radical (unpaired) electrons. The minimum absolute atomic E-state index is 0.00731. The molecular weight excluding hydrogens is 295 g/mol. The molecule has 126 valence electrons. The second-order valence-corrected chi connectivity index (χ2v) is 6.41. The van der Waals surface area contributed by atoms with Gasteiger partial charge in [-0.25, -0.2) is 4.39 Å². The predicted octanol–water partition coefficient (Wildman–Crippen LogP) is 2.44. The van der Waals surface area contributed by atoms with Crippen LogP contribution in [0.4, 0.5) is 4.39 Å². The highest BCUT2D eigenvalue weighted by Gasteiger charge is 2.34. The van der Waals surface area contributed by atoms with Gasteiger partial charge in [-0.3, -0.25) is 9.59 Å². The van der Waals surface area contributed by atoms with Crippen molar-refractivity contribution in [1.82, 2.24) is 10.2 Å². The lowest BCUT2D eigenvalue weighted by Crippen LogP contribution is -2.41. The number of rotatable bonds is 5. The van der Waals surface area contributed by atoms with E-state index in [1.54, 1.807) is 30.9 Å². The van der Waals surface area contributed by atoms with Crippen molar-refractivity contribution in [2.75, 3.05) is 13.1 Å². The summed E-state index contributed by atoms with van der Waals surface area (Å²) in [5, 5.41) is 3.05. The van der Waals surface area contributed by atoms with Crippen molar-refractivity contribution in [3.05, 3.63) is 35.1 Å². The van der Waals surface area contributed by atoms with E-state index in [4.69, 9.17) is 0 Å². The van der Waals surface area contributed by atoms with Gasteiger partial charge in [0, 0.05) is 20.0 Å². The van der Waals surface area contributed by atoms with Crippen molar-refractivity contribution >= 4 is 11.8 Å². The average molecular weight is 320 g/mol. The van der Waals surface area contributed by atoms with Crippen LogP contribution in [0.1, 0.15) is 37.8 Å². The Morgan fingerprint density at radius 2 is 2.09 bits per heavy atom. The van der Waals surface area contributed by atoms with Crippen molar-refractivity contribution in [3.8, 4) is 0 Å². The third-order valence-electron chi connectivity index (χ3n) is 4.48. The van der Waals surface area contributed by atoms with Gasteiger partial charge < -0.3 is 10.2 Å². The Labute approximate surface area is 137 Å². The van der Waals surface area contributed by atoms with Crippen molar-refractivity contribution in [1.29, 1.82) is 0 Å². The normalized spacial score (nSPS) is 20.6. The molecule has 0 aliphatic carbocycles. The molecule has 1 aliphatic heterocycles. The number of carbonyl (C=O) groups is 2. The van der Waals surface area contributed by atoms with E-state index in [1.165, 1.54) is 6.07 Å². The van der Waals surface area contributed by atoms with E-state index in [0.29, 0.717) is 24.6 Å². The summed E-state index contributed by atoms with van der Waals surface area (Å²) in [6.45, 7) is 6.65. The van der Waals surface area contributed by atoms with Crippen molar-refractivity contribution in [3.63, 3.8) is 0 Å². The van der Waals surface area contributed by atoms with E-state index >= 15 is 0 Å². The maximum Gasteiger partial charge on any atom is 0.224 e. The Morgan fingerprint density at radius 3 is 2.70 bits per heavy atom. The van der Waals surface area contributed by atoms with E-state index in [-0.39, 0.29) is 30.1 Å².